The molecular formula is C23H17F3N4O5S. The molecule has 3 rings (SSSR count). The van der Waals surface area contributed by atoms with Gasteiger partial charge in [0.1, 0.15) is 0 Å². The number of hydrogen-bond donors (Lipinski definition) is 3. The van der Waals surface area contributed by atoms with Crippen LogP contribution in [0, 0.1) is 10.1 Å². The third-order valence-corrected chi connectivity index (χ3v) is 5.72. The second-order valence-corrected chi connectivity index (χ2v) is 8.27. The summed E-state index contributed by atoms with van der Waals surface area (Å²) in [5.74, 6) is -2.28. The summed E-state index contributed by atoms with van der Waals surface area (Å²) in [6, 6.07) is 13.5. The first-order chi connectivity index (χ1) is 16.9. The summed E-state index contributed by atoms with van der Waals surface area (Å²) in [5.41, 5.74) is 4.06. The van der Waals surface area contributed by atoms with Gasteiger partial charge in [0.2, 0.25) is 11.8 Å². The third kappa shape index (κ3) is 6.82. The van der Waals surface area contributed by atoms with Crippen LogP contribution in [0.3, 0.4) is 0 Å². The largest absolute Gasteiger partial charge is 0.416 e. The van der Waals surface area contributed by atoms with E-state index < -0.39 is 34.4 Å². The van der Waals surface area contributed by atoms with Gasteiger partial charge in [-0.15, -0.1) is 11.8 Å². The summed E-state index contributed by atoms with van der Waals surface area (Å²) >= 11 is 0.862. The first-order valence-electron chi connectivity index (χ1n) is 10.0. The Balaban J connectivity index is 1.65. The second kappa shape index (κ2) is 10.9. The van der Waals surface area contributed by atoms with Crippen LogP contribution in [0.5, 0.6) is 0 Å². The van der Waals surface area contributed by atoms with Crippen LogP contribution in [0.15, 0.2) is 71.6 Å². The molecule has 0 aromatic heterocycles. The number of hydrogen-bond acceptors (Lipinski definition) is 6. The second-order valence-electron chi connectivity index (χ2n) is 7.25. The summed E-state index contributed by atoms with van der Waals surface area (Å²) in [6.45, 7) is 0. The Hall–Kier alpha value is -4.39. The van der Waals surface area contributed by atoms with Gasteiger partial charge in [0, 0.05) is 28.6 Å². The zero-order chi connectivity index (χ0) is 26.5. The number of nitrogens with two attached hydrogens (primary N) is 1. The average molecular weight is 518 g/mol. The van der Waals surface area contributed by atoms with Crippen molar-refractivity contribution >= 4 is 46.5 Å². The van der Waals surface area contributed by atoms with E-state index in [1.165, 1.54) is 48.5 Å². The molecule has 0 fully saturated rings. The molecule has 9 nitrogen and oxygen atoms in total. The maximum atomic E-state index is 12.9. The molecule has 0 atom stereocenters. The van der Waals surface area contributed by atoms with Gasteiger partial charge in [0.15, 0.2) is 0 Å². The summed E-state index contributed by atoms with van der Waals surface area (Å²) in [4.78, 5) is 46.8. The van der Waals surface area contributed by atoms with Crippen LogP contribution in [0.25, 0.3) is 0 Å². The molecule has 0 aliphatic heterocycles. The number of amides is 3. The van der Waals surface area contributed by atoms with E-state index in [4.69, 9.17) is 5.73 Å². The van der Waals surface area contributed by atoms with Crippen LogP contribution < -0.4 is 16.4 Å². The van der Waals surface area contributed by atoms with Crippen LogP contribution in [0.4, 0.5) is 30.2 Å². The van der Waals surface area contributed by atoms with Crippen LogP contribution in [0.2, 0.25) is 0 Å². The number of halogens is 3. The van der Waals surface area contributed by atoms with E-state index in [2.05, 4.69) is 10.6 Å². The number of nitro benzene ring substituents is 1. The molecule has 3 aromatic carbocycles. The maximum absolute atomic E-state index is 12.9. The lowest BCUT2D eigenvalue weighted by atomic mass is 10.1. The minimum Gasteiger partial charge on any atom is -0.366 e. The number of carbonyl (C=O) groups is 3. The molecule has 0 radical (unpaired) electrons. The average Bonchev–Trinajstić information content (AvgIpc) is 2.82. The molecule has 0 bridgehead atoms. The number of nitro groups is 1. The van der Waals surface area contributed by atoms with Crippen molar-refractivity contribution in [3.8, 4) is 0 Å². The van der Waals surface area contributed by atoms with Gasteiger partial charge in [0.25, 0.3) is 11.6 Å². The first-order valence-corrected chi connectivity index (χ1v) is 11.0. The highest BCUT2D eigenvalue weighted by atomic mass is 32.2. The Labute approximate surface area is 206 Å². The van der Waals surface area contributed by atoms with Gasteiger partial charge in [-0.1, -0.05) is 12.1 Å². The van der Waals surface area contributed by atoms with E-state index in [9.17, 15) is 37.7 Å². The van der Waals surface area contributed by atoms with Gasteiger partial charge in [-0.25, -0.2) is 0 Å². The van der Waals surface area contributed by atoms with Crippen molar-refractivity contribution in [2.75, 3.05) is 16.4 Å². The Kier molecular flexibility index (Phi) is 7.94. The number of nitrogens with one attached hydrogen (secondary N) is 2. The van der Waals surface area contributed by atoms with Crippen LogP contribution in [0.1, 0.15) is 26.3 Å². The van der Waals surface area contributed by atoms with E-state index in [-0.39, 0.29) is 38.8 Å². The van der Waals surface area contributed by atoms with Crippen molar-refractivity contribution < 1.29 is 32.5 Å². The SMILES string of the molecule is NC(=O)c1ccc(SCC(=O)Nc2cccc(C(=O)Nc3cccc(C(F)(F)F)c3)c2)c([N+](=O)[O-])c1. The molecule has 3 aromatic rings. The molecule has 3 amide bonds. The molecule has 0 aliphatic carbocycles. The number of rotatable bonds is 8. The molecule has 0 unspecified atom stereocenters. The minimum atomic E-state index is -4.56. The van der Waals surface area contributed by atoms with E-state index in [0.29, 0.717) is 0 Å². The zero-order valence-corrected chi connectivity index (χ0v) is 19.0. The number of alkyl halides is 3. The van der Waals surface area contributed by atoms with E-state index >= 15 is 0 Å². The molecular weight excluding hydrogens is 501 g/mol. The maximum Gasteiger partial charge on any atom is 0.416 e. The van der Waals surface area contributed by atoms with E-state index in [0.717, 1.165) is 30.0 Å². The predicted molar refractivity (Wildman–Crippen MR) is 127 cm³/mol. The van der Waals surface area contributed by atoms with Gasteiger partial charge in [-0.05, 0) is 48.5 Å². The van der Waals surface area contributed by atoms with E-state index in [1.54, 1.807) is 0 Å². The normalized spacial score (nSPS) is 11.0. The number of benzene rings is 3. The van der Waals surface area contributed by atoms with Gasteiger partial charge in [0.05, 0.1) is 21.1 Å². The van der Waals surface area contributed by atoms with Gasteiger partial charge in [-0.2, -0.15) is 13.2 Å². The fourth-order valence-electron chi connectivity index (χ4n) is 2.99. The van der Waals surface area contributed by atoms with Gasteiger partial charge >= 0.3 is 6.18 Å². The summed E-state index contributed by atoms with van der Waals surface area (Å²) in [6.07, 6.45) is -4.56. The fourth-order valence-corrected chi connectivity index (χ4v) is 3.79. The highest BCUT2D eigenvalue weighted by Gasteiger charge is 2.30. The van der Waals surface area contributed by atoms with Crippen molar-refractivity contribution in [3.63, 3.8) is 0 Å². The van der Waals surface area contributed by atoms with Crippen LogP contribution in [-0.2, 0) is 11.0 Å². The monoisotopic (exact) mass is 518 g/mol. The molecule has 0 heterocycles. The molecule has 0 saturated carbocycles. The predicted octanol–water partition coefficient (Wildman–Crippen LogP) is 4.70. The standard InChI is InChI=1S/C23H17F3N4O5S/c24-23(25,26)15-4-2-6-17(11-15)29-22(33)14-3-1-5-16(9-14)28-20(31)12-36-19-8-7-13(21(27)32)10-18(19)30(34)35/h1-11H,12H2,(H2,27,32)(H,28,31)(H,29,33). The van der Waals surface area contributed by atoms with Crippen molar-refractivity contribution in [2.24, 2.45) is 5.73 Å². The summed E-state index contributed by atoms with van der Waals surface area (Å²) in [7, 11) is 0. The van der Waals surface area contributed by atoms with Gasteiger partial charge < -0.3 is 16.4 Å². The number of primary amides is 1. The summed E-state index contributed by atoms with van der Waals surface area (Å²) in [5, 5.41) is 16.2. The zero-order valence-electron chi connectivity index (χ0n) is 18.2. The molecule has 13 heteroatoms. The molecule has 0 aliphatic rings. The van der Waals surface area contributed by atoms with E-state index in [1.807, 2.05) is 0 Å². The highest BCUT2D eigenvalue weighted by Crippen LogP contribution is 2.31. The van der Waals surface area contributed by atoms with Crippen LogP contribution >= 0.6 is 11.8 Å². The molecule has 0 spiro atoms. The molecule has 0 saturated heterocycles. The lowest BCUT2D eigenvalue weighted by Gasteiger charge is -2.11. The first kappa shape index (κ1) is 26.2. The Bertz CT molecular complexity index is 1350. The number of nitrogens with zero attached hydrogens (tertiary/aromatic N) is 1. The Morgan fingerprint density at radius 2 is 1.58 bits per heavy atom. The number of thioether (sulfide) groups is 1. The van der Waals surface area contributed by atoms with Crippen molar-refractivity contribution in [1.29, 1.82) is 0 Å². The molecule has 186 valence electrons. The minimum absolute atomic E-state index is 0.0456. The van der Waals surface area contributed by atoms with Gasteiger partial charge in [-0.3, -0.25) is 24.5 Å². The molecule has 4 N–H and O–H groups in total. The smallest absolute Gasteiger partial charge is 0.366 e. The van der Waals surface area contributed by atoms with Crippen molar-refractivity contribution in [2.45, 2.75) is 11.1 Å². The lowest BCUT2D eigenvalue weighted by Crippen LogP contribution is -2.16. The Morgan fingerprint density at radius 3 is 2.22 bits per heavy atom. The fraction of sp³-hybridized carbons (Fsp3) is 0.0870. The Morgan fingerprint density at radius 1 is 0.917 bits per heavy atom. The highest BCUT2D eigenvalue weighted by molar-refractivity contribution is 8.00. The third-order valence-electron chi connectivity index (χ3n) is 4.66. The van der Waals surface area contributed by atoms with Crippen molar-refractivity contribution in [3.05, 3.63) is 93.5 Å². The van der Waals surface area contributed by atoms with Crippen molar-refractivity contribution in [1.82, 2.24) is 0 Å². The molecule has 36 heavy (non-hydrogen) atoms. The number of anilines is 2. The number of carbonyl (C=O) groups excluding carboxylic acids is 3. The lowest BCUT2D eigenvalue weighted by molar-refractivity contribution is -0.387. The topological polar surface area (TPSA) is 144 Å². The van der Waals surface area contributed by atoms with Crippen LogP contribution in [-0.4, -0.2) is 28.4 Å². The quantitative estimate of drug-likeness (QED) is 0.224. The summed E-state index contributed by atoms with van der Waals surface area (Å²) < 4.78 is 38.6.